The van der Waals surface area contributed by atoms with Gasteiger partial charge in [-0.2, -0.15) is 0 Å². The van der Waals surface area contributed by atoms with Gasteiger partial charge in [0.1, 0.15) is 10.3 Å². The Morgan fingerprint density at radius 1 is 1.04 bits per heavy atom. The van der Waals surface area contributed by atoms with E-state index in [-0.39, 0.29) is 11.2 Å². The van der Waals surface area contributed by atoms with Crippen molar-refractivity contribution in [3.8, 4) is 0 Å². The van der Waals surface area contributed by atoms with Crippen LogP contribution in [0.2, 0.25) is 0 Å². The minimum atomic E-state index is -0.351. The molecule has 3 rings (SSSR count). The minimum Gasteiger partial charge on any atom is -0.299 e. The van der Waals surface area contributed by atoms with Crippen molar-refractivity contribution in [1.29, 1.82) is 0 Å². The van der Waals surface area contributed by atoms with Crippen molar-refractivity contribution < 1.29 is 4.79 Å². The number of nitrogens with one attached hydrogen (secondary N) is 1. The summed E-state index contributed by atoms with van der Waals surface area (Å²) in [5, 5.41) is 12.4. The third kappa shape index (κ3) is 5.16. The molecule has 0 bridgehead atoms. The largest absolute Gasteiger partial charge is 0.299 e. The highest BCUT2D eigenvalue weighted by Crippen LogP contribution is 2.36. The topological polar surface area (TPSA) is 54.9 Å². The van der Waals surface area contributed by atoms with Crippen LogP contribution in [0.15, 0.2) is 65.6 Å². The predicted molar refractivity (Wildman–Crippen MR) is 109 cm³/mol. The number of rotatable bonds is 7. The number of benzene rings is 2. The maximum Gasteiger partial charge on any atom is 0.244 e. The third-order valence-electron chi connectivity index (χ3n) is 3.62. The van der Waals surface area contributed by atoms with Crippen molar-refractivity contribution in [2.24, 2.45) is 5.92 Å². The van der Waals surface area contributed by atoms with Crippen LogP contribution in [0.5, 0.6) is 0 Å². The van der Waals surface area contributed by atoms with Crippen molar-refractivity contribution in [2.75, 3.05) is 5.32 Å². The number of amides is 1. The summed E-state index contributed by atoms with van der Waals surface area (Å²) in [6, 6.07) is 19.8. The summed E-state index contributed by atoms with van der Waals surface area (Å²) < 4.78 is 0. The van der Waals surface area contributed by atoms with Crippen molar-refractivity contribution in [1.82, 2.24) is 10.2 Å². The molecule has 1 N–H and O–H groups in total. The first-order valence-electron chi connectivity index (χ1n) is 8.51. The fraction of sp³-hybridized carbons (Fsp3) is 0.250. The van der Waals surface area contributed by atoms with Crippen LogP contribution in [0.25, 0.3) is 0 Å². The zero-order valence-corrected chi connectivity index (χ0v) is 16.4. The minimum absolute atomic E-state index is 0.0858. The summed E-state index contributed by atoms with van der Waals surface area (Å²) in [6.45, 7) is 4.28. The standard InChI is InChI=1S/C20H21N3OS2/c1-14(2)13-17-22-23-20(26-17)21-19(24)18(15-9-5-3-6-10-15)25-16-11-7-4-8-12-16/h3-12,14,18H,13H2,1-2H3,(H,21,23,24)/t18-/m0/s1. The molecule has 0 radical (unpaired) electrons. The van der Waals surface area contributed by atoms with Gasteiger partial charge < -0.3 is 0 Å². The number of anilines is 1. The Morgan fingerprint density at radius 3 is 2.35 bits per heavy atom. The van der Waals surface area contributed by atoms with Gasteiger partial charge in [-0.05, 0) is 23.6 Å². The van der Waals surface area contributed by atoms with E-state index in [9.17, 15) is 4.79 Å². The van der Waals surface area contributed by atoms with Crippen LogP contribution in [0.1, 0.15) is 29.7 Å². The molecule has 6 heteroatoms. The average molecular weight is 384 g/mol. The van der Waals surface area contributed by atoms with E-state index >= 15 is 0 Å². The molecule has 0 fully saturated rings. The Balaban J connectivity index is 1.77. The predicted octanol–water partition coefficient (Wildman–Crippen LogP) is 5.21. The second kappa shape index (κ2) is 8.96. The van der Waals surface area contributed by atoms with E-state index in [1.165, 1.54) is 23.1 Å². The molecule has 1 heterocycles. The summed E-state index contributed by atoms with van der Waals surface area (Å²) in [4.78, 5) is 14.0. The van der Waals surface area contributed by atoms with Gasteiger partial charge in [-0.1, -0.05) is 73.7 Å². The zero-order valence-electron chi connectivity index (χ0n) is 14.8. The van der Waals surface area contributed by atoms with E-state index in [1.54, 1.807) is 0 Å². The SMILES string of the molecule is CC(C)Cc1nnc(NC(=O)[C@@H](Sc2ccccc2)c2ccccc2)s1. The summed E-state index contributed by atoms with van der Waals surface area (Å²) in [5.74, 6) is 0.425. The number of aromatic nitrogens is 2. The smallest absolute Gasteiger partial charge is 0.244 e. The fourth-order valence-electron chi connectivity index (χ4n) is 2.44. The number of hydrogen-bond acceptors (Lipinski definition) is 5. The molecule has 0 unspecified atom stereocenters. The van der Waals surface area contributed by atoms with Gasteiger partial charge in [0.05, 0.1) is 0 Å². The van der Waals surface area contributed by atoms with Crippen LogP contribution >= 0.6 is 23.1 Å². The molecule has 134 valence electrons. The van der Waals surface area contributed by atoms with Gasteiger partial charge >= 0.3 is 0 Å². The molecule has 1 atom stereocenters. The first kappa shape index (κ1) is 18.6. The lowest BCUT2D eigenvalue weighted by atomic mass is 10.1. The number of carbonyl (C=O) groups excluding carboxylic acids is 1. The van der Waals surface area contributed by atoms with Crippen LogP contribution in [-0.4, -0.2) is 16.1 Å². The molecule has 1 amide bonds. The Kier molecular flexibility index (Phi) is 6.41. The quantitative estimate of drug-likeness (QED) is 0.569. The Labute approximate surface area is 162 Å². The maximum absolute atomic E-state index is 13.0. The molecule has 1 aromatic heterocycles. The summed E-state index contributed by atoms with van der Waals surface area (Å²) in [7, 11) is 0. The highest BCUT2D eigenvalue weighted by atomic mass is 32.2. The first-order chi connectivity index (χ1) is 12.6. The van der Waals surface area contributed by atoms with Crippen molar-refractivity contribution in [2.45, 2.75) is 30.4 Å². The first-order valence-corrected chi connectivity index (χ1v) is 10.2. The molecule has 0 aliphatic heterocycles. The van der Waals surface area contributed by atoms with Gasteiger partial charge in [-0.25, -0.2) is 0 Å². The van der Waals surface area contributed by atoms with Crippen molar-refractivity contribution in [3.05, 3.63) is 71.2 Å². The van der Waals surface area contributed by atoms with Crippen LogP contribution < -0.4 is 5.32 Å². The molecule has 0 saturated carbocycles. The highest BCUT2D eigenvalue weighted by Gasteiger charge is 2.23. The summed E-state index contributed by atoms with van der Waals surface area (Å²) >= 11 is 2.98. The number of nitrogens with zero attached hydrogens (tertiary/aromatic N) is 2. The number of hydrogen-bond donors (Lipinski definition) is 1. The lowest BCUT2D eigenvalue weighted by molar-refractivity contribution is -0.115. The van der Waals surface area contributed by atoms with Gasteiger partial charge in [0, 0.05) is 11.3 Å². The van der Waals surface area contributed by atoms with E-state index in [4.69, 9.17) is 0 Å². The van der Waals surface area contributed by atoms with E-state index in [0.29, 0.717) is 11.0 Å². The van der Waals surface area contributed by atoms with E-state index in [2.05, 4.69) is 29.4 Å². The van der Waals surface area contributed by atoms with E-state index in [0.717, 1.165) is 21.9 Å². The third-order valence-corrected chi connectivity index (χ3v) is 5.74. The molecular weight excluding hydrogens is 362 g/mol. The normalized spacial score (nSPS) is 12.1. The van der Waals surface area contributed by atoms with Crippen LogP contribution in [0.4, 0.5) is 5.13 Å². The molecular formula is C20H21N3OS2. The summed E-state index contributed by atoms with van der Waals surface area (Å²) in [6.07, 6.45) is 0.869. The maximum atomic E-state index is 13.0. The fourth-order valence-corrected chi connectivity index (χ4v) is 4.44. The number of carbonyl (C=O) groups is 1. The molecule has 0 aliphatic carbocycles. The van der Waals surface area contributed by atoms with E-state index < -0.39 is 0 Å². The Bertz CT molecular complexity index is 835. The average Bonchev–Trinajstić information content (AvgIpc) is 3.07. The van der Waals surface area contributed by atoms with Crippen molar-refractivity contribution >= 4 is 34.1 Å². The molecule has 2 aromatic carbocycles. The van der Waals surface area contributed by atoms with Gasteiger partial charge in [-0.15, -0.1) is 22.0 Å². The van der Waals surface area contributed by atoms with Gasteiger partial charge in [-0.3, -0.25) is 10.1 Å². The van der Waals surface area contributed by atoms with Gasteiger partial charge in [0.15, 0.2) is 0 Å². The lowest BCUT2D eigenvalue weighted by Gasteiger charge is -2.16. The second-order valence-corrected chi connectivity index (χ2v) is 8.55. The van der Waals surface area contributed by atoms with Gasteiger partial charge in [0.2, 0.25) is 11.0 Å². The Morgan fingerprint density at radius 2 is 1.69 bits per heavy atom. The van der Waals surface area contributed by atoms with Crippen LogP contribution in [-0.2, 0) is 11.2 Å². The lowest BCUT2D eigenvalue weighted by Crippen LogP contribution is -2.18. The molecule has 0 saturated heterocycles. The molecule has 3 aromatic rings. The monoisotopic (exact) mass is 383 g/mol. The zero-order chi connectivity index (χ0) is 18.4. The second-order valence-electron chi connectivity index (χ2n) is 6.31. The summed E-state index contributed by atoms with van der Waals surface area (Å²) in [5.41, 5.74) is 0.964. The van der Waals surface area contributed by atoms with E-state index in [1.807, 2.05) is 60.7 Å². The van der Waals surface area contributed by atoms with Gasteiger partial charge in [0.25, 0.3) is 0 Å². The molecule has 0 spiro atoms. The molecule has 0 aliphatic rings. The van der Waals surface area contributed by atoms with Crippen molar-refractivity contribution in [3.63, 3.8) is 0 Å². The van der Waals surface area contributed by atoms with Crippen LogP contribution in [0.3, 0.4) is 0 Å². The molecule has 26 heavy (non-hydrogen) atoms. The highest BCUT2D eigenvalue weighted by molar-refractivity contribution is 8.00. The molecule has 4 nitrogen and oxygen atoms in total. The Hall–Kier alpha value is -2.18. The van der Waals surface area contributed by atoms with Crippen LogP contribution in [0, 0.1) is 5.92 Å². The number of thioether (sulfide) groups is 1.